The molecule has 0 amide bonds. The SMILES string of the molecule is C/C=C/CCN=C(N)N1CCCC(C)C1. The van der Waals surface area contributed by atoms with E-state index >= 15 is 0 Å². The summed E-state index contributed by atoms with van der Waals surface area (Å²) in [6.45, 7) is 7.25. The van der Waals surface area contributed by atoms with Gasteiger partial charge < -0.3 is 10.6 Å². The minimum absolute atomic E-state index is 0.728. The summed E-state index contributed by atoms with van der Waals surface area (Å²) in [6, 6.07) is 0. The van der Waals surface area contributed by atoms with Crippen molar-refractivity contribution in [1.29, 1.82) is 0 Å². The number of allylic oxidation sites excluding steroid dienone is 1. The molecule has 0 radical (unpaired) electrons. The van der Waals surface area contributed by atoms with Crippen molar-refractivity contribution in [1.82, 2.24) is 4.90 Å². The summed E-state index contributed by atoms with van der Waals surface area (Å²) in [5.74, 6) is 1.48. The maximum absolute atomic E-state index is 5.94. The number of nitrogens with two attached hydrogens (primary N) is 1. The van der Waals surface area contributed by atoms with Gasteiger partial charge in [0, 0.05) is 19.6 Å². The predicted molar refractivity (Wildman–Crippen MR) is 65.9 cm³/mol. The van der Waals surface area contributed by atoms with Crippen LogP contribution >= 0.6 is 0 Å². The molecule has 1 atom stereocenters. The first kappa shape index (κ1) is 12.1. The average Bonchev–Trinajstić information content (AvgIpc) is 2.24. The number of hydrogen-bond donors (Lipinski definition) is 1. The van der Waals surface area contributed by atoms with E-state index in [1.165, 1.54) is 12.8 Å². The van der Waals surface area contributed by atoms with Crippen LogP contribution in [0.25, 0.3) is 0 Å². The number of guanidine groups is 1. The van der Waals surface area contributed by atoms with Crippen molar-refractivity contribution >= 4 is 5.96 Å². The highest BCUT2D eigenvalue weighted by molar-refractivity contribution is 5.78. The second-order valence-electron chi connectivity index (χ2n) is 4.29. The number of piperidine rings is 1. The third-order valence-electron chi connectivity index (χ3n) is 2.79. The molecule has 0 bridgehead atoms. The maximum Gasteiger partial charge on any atom is 0.191 e. The second-order valence-corrected chi connectivity index (χ2v) is 4.29. The maximum atomic E-state index is 5.94. The summed E-state index contributed by atoms with van der Waals surface area (Å²) in [5, 5.41) is 0. The highest BCUT2D eigenvalue weighted by Crippen LogP contribution is 2.14. The lowest BCUT2D eigenvalue weighted by atomic mass is 10.0. The lowest BCUT2D eigenvalue weighted by molar-refractivity contribution is 0.270. The topological polar surface area (TPSA) is 41.6 Å². The molecule has 1 aliphatic rings. The van der Waals surface area contributed by atoms with Gasteiger partial charge in [0.25, 0.3) is 0 Å². The Morgan fingerprint density at radius 2 is 2.40 bits per heavy atom. The van der Waals surface area contributed by atoms with E-state index in [0.717, 1.165) is 37.9 Å². The van der Waals surface area contributed by atoms with E-state index in [0.29, 0.717) is 0 Å². The van der Waals surface area contributed by atoms with Gasteiger partial charge >= 0.3 is 0 Å². The third kappa shape index (κ3) is 4.36. The molecule has 3 nitrogen and oxygen atoms in total. The van der Waals surface area contributed by atoms with Gasteiger partial charge in [-0.2, -0.15) is 0 Å². The molecule has 0 saturated carbocycles. The zero-order valence-corrected chi connectivity index (χ0v) is 9.95. The Balaban J connectivity index is 2.33. The molecule has 1 fully saturated rings. The molecule has 0 aromatic carbocycles. The van der Waals surface area contributed by atoms with Crippen molar-refractivity contribution in [3.8, 4) is 0 Å². The third-order valence-corrected chi connectivity index (χ3v) is 2.79. The fourth-order valence-electron chi connectivity index (χ4n) is 1.92. The summed E-state index contributed by atoms with van der Waals surface area (Å²) in [5.41, 5.74) is 5.94. The molecule has 3 heteroatoms. The van der Waals surface area contributed by atoms with Crippen LogP contribution in [0.4, 0.5) is 0 Å². The summed E-state index contributed by atoms with van der Waals surface area (Å²) in [6.07, 6.45) is 7.72. The van der Waals surface area contributed by atoms with E-state index in [4.69, 9.17) is 5.73 Å². The standard InChI is InChI=1S/C12H23N3/c1-3-4-5-8-14-12(13)15-9-6-7-11(2)10-15/h3-4,11H,5-10H2,1-2H3,(H2,13,14)/b4-3+. The Hall–Kier alpha value is -0.990. The van der Waals surface area contributed by atoms with Crippen LogP contribution in [0.1, 0.15) is 33.1 Å². The molecule has 1 aliphatic heterocycles. The first-order valence-electron chi connectivity index (χ1n) is 5.90. The van der Waals surface area contributed by atoms with Gasteiger partial charge in [-0.3, -0.25) is 4.99 Å². The predicted octanol–water partition coefficient (Wildman–Crippen LogP) is 2.00. The van der Waals surface area contributed by atoms with Gasteiger partial charge in [-0.05, 0) is 32.1 Å². The molecule has 1 saturated heterocycles. The van der Waals surface area contributed by atoms with E-state index in [-0.39, 0.29) is 0 Å². The van der Waals surface area contributed by atoms with E-state index in [1.807, 2.05) is 6.92 Å². The van der Waals surface area contributed by atoms with Gasteiger partial charge in [-0.15, -0.1) is 0 Å². The van der Waals surface area contributed by atoms with Crippen LogP contribution < -0.4 is 5.73 Å². The van der Waals surface area contributed by atoms with Crippen molar-refractivity contribution < 1.29 is 0 Å². The quantitative estimate of drug-likeness (QED) is 0.334. The van der Waals surface area contributed by atoms with Crippen molar-refractivity contribution in [3.63, 3.8) is 0 Å². The molecule has 0 aromatic heterocycles. The Morgan fingerprint density at radius 1 is 1.60 bits per heavy atom. The van der Waals surface area contributed by atoms with Gasteiger partial charge in [0.1, 0.15) is 0 Å². The van der Waals surface area contributed by atoms with E-state index < -0.39 is 0 Å². The van der Waals surface area contributed by atoms with E-state index in [9.17, 15) is 0 Å². The molecule has 1 heterocycles. The summed E-state index contributed by atoms with van der Waals surface area (Å²) >= 11 is 0. The Morgan fingerprint density at radius 3 is 3.07 bits per heavy atom. The van der Waals surface area contributed by atoms with E-state index in [1.54, 1.807) is 0 Å². The molecule has 0 aliphatic carbocycles. The molecular weight excluding hydrogens is 186 g/mol. The molecule has 1 rings (SSSR count). The summed E-state index contributed by atoms with van der Waals surface area (Å²) in [4.78, 5) is 6.60. The van der Waals surface area contributed by atoms with Crippen molar-refractivity contribution in [3.05, 3.63) is 12.2 Å². The Bertz CT molecular complexity index is 233. The number of nitrogens with zero attached hydrogens (tertiary/aromatic N) is 2. The van der Waals surface area contributed by atoms with Gasteiger partial charge in [0.2, 0.25) is 0 Å². The van der Waals surface area contributed by atoms with Gasteiger partial charge in [-0.25, -0.2) is 0 Å². The zero-order valence-electron chi connectivity index (χ0n) is 9.95. The van der Waals surface area contributed by atoms with Crippen molar-refractivity contribution in [2.45, 2.75) is 33.1 Å². The number of rotatable bonds is 3. The lowest BCUT2D eigenvalue weighted by Gasteiger charge is -2.31. The van der Waals surface area contributed by atoms with Crippen LogP contribution in [0, 0.1) is 5.92 Å². The van der Waals surface area contributed by atoms with Crippen molar-refractivity contribution in [2.75, 3.05) is 19.6 Å². The molecular formula is C12H23N3. The normalized spacial score (nSPS) is 23.7. The van der Waals surface area contributed by atoms with Crippen LogP contribution in [0.15, 0.2) is 17.1 Å². The molecule has 15 heavy (non-hydrogen) atoms. The number of hydrogen-bond acceptors (Lipinski definition) is 1. The average molecular weight is 209 g/mol. The zero-order chi connectivity index (χ0) is 11.1. The number of likely N-dealkylation sites (tertiary alicyclic amines) is 1. The van der Waals surface area contributed by atoms with Gasteiger partial charge in [0.05, 0.1) is 0 Å². The second kappa shape index (κ2) is 6.49. The fraction of sp³-hybridized carbons (Fsp3) is 0.750. The molecule has 2 N–H and O–H groups in total. The molecule has 1 unspecified atom stereocenters. The smallest absolute Gasteiger partial charge is 0.191 e. The fourth-order valence-corrected chi connectivity index (χ4v) is 1.92. The van der Waals surface area contributed by atoms with Crippen LogP contribution in [0.3, 0.4) is 0 Å². The van der Waals surface area contributed by atoms with Gasteiger partial charge in [0.15, 0.2) is 5.96 Å². The highest BCUT2D eigenvalue weighted by Gasteiger charge is 2.17. The number of aliphatic imine (C=N–C) groups is 1. The minimum Gasteiger partial charge on any atom is -0.370 e. The van der Waals surface area contributed by atoms with Gasteiger partial charge in [-0.1, -0.05) is 19.1 Å². The highest BCUT2D eigenvalue weighted by atomic mass is 15.3. The van der Waals surface area contributed by atoms with Crippen LogP contribution in [-0.4, -0.2) is 30.5 Å². The van der Waals surface area contributed by atoms with Crippen LogP contribution in [-0.2, 0) is 0 Å². The molecule has 0 aromatic rings. The van der Waals surface area contributed by atoms with Crippen LogP contribution in [0.2, 0.25) is 0 Å². The Labute approximate surface area is 93.1 Å². The summed E-state index contributed by atoms with van der Waals surface area (Å²) in [7, 11) is 0. The molecule has 0 spiro atoms. The first-order valence-corrected chi connectivity index (χ1v) is 5.90. The van der Waals surface area contributed by atoms with Crippen LogP contribution in [0.5, 0.6) is 0 Å². The molecule has 86 valence electrons. The monoisotopic (exact) mass is 209 g/mol. The summed E-state index contributed by atoms with van der Waals surface area (Å²) < 4.78 is 0. The van der Waals surface area contributed by atoms with Crippen molar-refractivity contribution in [2.24, 2.45) is 16.6 Å². The van der Waals surface area contributed by atoms with E-state index in [2.05, 4.69) is 29.0 Å². The Kier molecular flexibility index (Phi) is 5.22. The minimum atomic E-state index is 0.728. The first-order chi connectivity index (χ1) is 7.24. The largest absolute Gasteiger partial charge is 0.370 e. The lowest BCUT2D eigenvalue weighted by Crippen LogP contribution is -2.43.